The van der Waals surface area contributed by atoms with E-state index in [0.717, 1.165) is 6.54 Å². The molecular formula is C15H22N2S. The minimum absolute atomic E-state index is 0.619. The van der Waals surface area contributed by atoms with Gasteiger partial charge in [0, 0.05) is 23.5 Å². The highest BCUT2D eigenvalue weighted by Gasteiger charge is 2.35. The molecule has 3 unspecified atom stereocenters. The van der Waals surface area contributed by atoms with E-state index in [1.807, 2.05) is 11.8 Å². The lowest BCUT2D eigenvalue weighted by Gasteiger charge is -2.35. The number of thioether (sulfide) groups is 1. The SMILES string of the molecule is CC1CC(CN)CN1C1CCSc2ccccc21. The van der Waals surface area contributed by atoms with Gasteiger partial charge in [-0.05, 0) is 49.6 Å². The van der Waals surface area contributed by atoms with Crippen molar-refractivity contribution in [3.8, 4) is 0 Å². The summed E-state index contributed by atoms with van der Waals surface area (Å²) >= 11 is 2.01. The summed E-state index contributed by atoms with van der Waals surface area (Å²) in [6.07, 6.45) is 2.55. The second-order valence-corrected chi connectivity index (χ2v) is 6.71. The monoisotopic (exact) mass is 262 g/mol. The van der Waals surface area contributed by atoms with Gasteiger partial charge in [-0.3, -0.25) is 4.90 Å². The van der Waals surface area contributed by atoms with E-state index in [-0.39, 0.29) is 0 Å². The number of hydrogen-bond donors (Lipinski definition) is 1. The quantitative estimate of drug-likeness (QED) is 0.888. The van der Waals surface area contributed by atoms with Gasteiger partial charge in [-0.25, -0.2) is 0 Å². The van der Waals surface area contributed by atoms with E-state index in [4.69, 9.17) is 5.73 Å². The fourth-order valence-electron chi connectivity index (χ4n) is 3.44. The Hall–Kier alpha value is -0.510. The first-order valence-electron chi connectivity index (χ1n) is 6.97. The molecule has 1 aromatic rings. The van der Waals surface area contributed by atoms with E-state index in [2.05, 4.69) is 36.1 Å². The van der Waals surface area contributed by atoms with Crippen molar-refractivity contribution in [3.63, 3.8) is 0 Å². The fourth-order valence-corrected chi connectivity index (χ4v) is 4.55. The Bertz CT molecular complexity index is 421. The molecule has 0 radical (unpaired) electrons. The summed E-state index contributed by atoms with van der Waals surface area (Å²) in [5.74, 6) is 1.94. The van der Waals surface area contributed by atoms with Gasteiger partial charge >= 0.3 is 0 Å². The molecule has 0 amide bonds. The number of rotatable bonds is 2. The van der Waals surface area contributed by atoms with Crippen LogP contribution in [0.1, 0.15) is 31.4 Å². The van der Waals surface area contributed by atoms with Gasteiger partial charge < -0.3 is 5.73 Å². The molecule has 0 bridgehead atoms. The topological polar surface area (TPSA) is 29.3 Å². The summed E-state index contributed by atoms with van der Waals surface area (Å²) in [5.41, 5.74) is 7.39. The van der Waals surface area contributed by atoms with Gasteiger partial charge in [0.05, 0.1) is 0 Å². The molecule has 18 heavy (non-hydrogen) atoms. The molecule has 98 valence electrons. The standard InChI is InChI=1S/C15H22N2S/c1-11-8-12(9-16)10-17(11)14-6-7-18-15-5-3-2-4-13(14)15/h2-5,11-12,14H,6-10,16H2,1H3. The van der Waals surface area contributed by atoms with E-state index in [1.54, 1.807) is 5.56 Å². The molecule has 0 aromatic heterocycles. The molecule has 0 spiro atoms. The second-order valence-electron chi connectivity index (χ2n) is 5.57. The van der Waals surface area contributed by atoms with Crippen LogP contribution in [0.3, 0.4) is 0 Å². The molecule has 2 N–H and O–H groups in total. The summed E-state index contributed by atoms with van der Waals surface area (Å²) in [6, 6.07) is 10.2. The highest BCUT2D eigenvalue weighted by Crippen LogP contribution is 2.42. The predicted octanol–water partition coefficient (Wildman–Crippen LogP) is 2.89. The molecule has 3 atom stereocenters. The van der Waals surface area contributed by atoms with Crippen LogP contribution in [0.15, 0.2) is 29.2 Å². The van der Waals surface area contributed by atoms with Gasteiger partial charge in [0.1, 0.15) is 0 Å². The van der Waals surface area contributed by atoms with E-state index in [9.17, 15) is 0 Å². The number of likely N-dealkylation sites (tertiary alicyclic amines) is 1. The molecule has 1 aromatic carbocycles. The first-order chi connectivity index (χ1) is 8.79. The van der Waals surface area contributed by atoms with Crippen molar-refractivity contribution in [2.75, 3.05) is 18.8 Å². The highest BCUT2D eigenvalue weighted by atomic mass is 32.2. The number of nitrogens with two attached hydrogens (primary N) is 1. The minimum atomic E-state index is 0.619. The molecule has 3 heteroatoms. The predicted molar refractivity (Wildman–Crippen MR) is 77.9 cm³/mol. The Morgan fingerprint density at radius 1 is 1.39 bits per heavy atom. The maximum Gasteiger partial charge on any atom is 0.0370 e. The van der Waals surface area contributed by atoms with Crippen LogP contribution in [0.5, 0.6) is 0 Å². The molecular weight excluding hydrogens is 240 g/mol. The Kier molecular flexibility index (Phi) is 3.64. The fraction of sp³-hybridized carbons (Fsp3) is 0.600. The molecule has 1 saturated heterocycles. The van der Waals surface area contributed by atoms with Crippen molar-refractivity contribution in [2.45, 2.75) is 36.7 Å². The number of hydrogen-bond acceptors (Lipinski definition) is 3. The molecule has 1 fully saturated rings. The molecule has 2 heterocycles. The van der Waals surface area contributed by atoms with Crippen LogP contribution in [0, 0.1) is 5.92 Å². The van der Waals surface area contributed by atoms with Crippen molar-refractivity contribution in [1.29, 1.82) is 0 Å². The largest absolute Gasteiger partial charge is 0.330 e. The average molecular weight is 262 g/mol. The molecule has 2 aliphatic rings. The van der Waals surface area contributed by atoms with Crippen LogP contribution in [0.4, 0.5) is 0 Å². The van der Waals surface area contributed by atoms with Gasteiger partial charge in [0.25, 0.3) is 0 Å². The van der Waals surface area contributed by atoms with Crippen LogP contribution in [0.25, 0.3) is 0 Å². The van der Waals surface area contributed by atoms with Gasteiger partial charge in [-0.15, -0.1) is 11.8 Å². The lowest BCUT2D eigenvalue weighted by molar-refractivity contribution is 0.179. The zero-order valence-electron chi connectivity index (χ0n) is 11.0. The van der Waals surface area contributed by atoms with Crippen molar-refractivity contribution in [1.82, 2.24) is 4.90 Å². The van der Waals surface area contributed by atoms with Crippen molar-refractivity contribution < 1.29 is 0 Å². The lowest BCUT2D eigenvalue weighted by Crippen LogP contribution is -2.34. The molecule has 3 rings (SSSR count). The van der Waals surface area contributed by atoms with E-state index in [1.165, 1.54) is 30.0 Å². The highest BCUT2D eigenvalue weighted by molar-refractivity contribution is 7.99. The van der Waals surface area contributed by atoms with Gasteiger partial charge in [-0.1, -0.05) is 18.2 Å². The summed E-state index contributed by atoms with van der Waals surface area (Å²) < 4.78 is 0. The van der Waals surface area contributed by atoms with Crippen LogP contribution in [-0.4, -0.2) is 29.8 Å². The normalized spacial score (nSPS) is 32.4. The number of benzene rings is 1. The van der Waals surface area contributed by atoms with Crippen molar-refractivity contribution in [3.05, 3.63) is 29.8 Å². The zero-order chi connectivity index (χ0) is 12.5. The molecule has 0 saturated carbocycles. The van der Waals surface area contributed by atoms with Gasteiger partial charge in [0.2, 0.25) is 0 Å². The third-order valence-corrected chi connectivity index (χ3v) is 5.49. The molecule has 2 aliphatic heterocycles. The summed E-state index contributed by atoms with van der Waals surface area (Å²) in [7, 11) is 0. The van der Waals surface area contributed by atoms with E-state index >= 15 is 0 Å². The zero-order valence-corrected chi connectivity index (χ0v) is 11.8. The van der Waals surface area contributed by atoms with Crippen LogP contribution < -0.4 is 5.73 Å². The summed E-state index contributed by atoms with van der Waals surface area (Å²) in [4.78, 5) is 4.17. The Morgan fingerprint density at radius 2 is 2.22 bits per heavy atom. The van der Waals surface area contributed by atoms with E-state index in [0.29, 0.717) is 18.0 Å². The lowest BCUT2D eigenvalue weighted by atomic mass is 10.0. The number of nitrogens with zero attached hydrogens (tertiary/aromatic N) is 1. The Balaban J connectivity index is 1.86. The van der Waals surface area contributed by atoms with Crippen LogP contribution >= 0.6 is 11.8 Å². The van der Waals surface area contributed by atoms with E-state index < -0.39 is 0 Å². The van der Waals surface area contributed by atoms with Crippen molar-refractivity contribution in [2.24, 2.45) is 11.7 Å². The smallest absolute Gasteiger partial charge is 0.0370 e. The average Bonchev–Trinajstić information content (AvgIpc) is 2.79. The maximum atomic E-state index is 5.85. The van der Waals surface area contributed by atoms with Crippen LogP contribution in [0.2, 0.25) is 0 Å². The first-order valence-corrected chi connectivity index (χ1v) is 7.95. The molecule has 2 nitrogen and oxygen atoms in total. The second kappa shape index (κ2) is 5.24. The Morgan fingerprint density at radius 3 is 3.00 bits per heavy atom. The van der Waals surface area contributed by atoms with Crippen molar-refractivity contribution >= 4 is 11.8 Å². The first kappa shape index (κ1) is 12.5. The van der Waals surface area contributed by atoms with Gasteiger partial charge in [-0.2, -0.15) is 0 Å². The van der Waals surface area contributed by atoms with Crippen LogP contribution in [-0.2, 0) is 0 Å². The minimum Gasteiger partial charge on any atom is -0.330 e. The third-order valence-electron chi connectivity index (χ3n) is 4.37. The number of fused-ring (bicyclic) bond motifs is 1. The molecule has 0 aliphatic carbocycles. The maximum absolute atomic E-state index is 5.85. The Labute approximate surface area is 114 Å². The summed E-state index contributed by atoms with van der Waals surface area (Å²) in [6.45, 7) is 4.38. The van der Waals surface area contributed by atoms with Gasteiger partial charge in [0.15, 0.2) is 0 Å². The third kappa shape index (κ3) is 2.20. The summed E-state index contributed by atoms with van der Waals surface area (Å²) in [5, 5.41) is 0.